The third-order valence-corrected chi connectivity index (χ3v) is 4.57. The summed E-state index contributed by atoms with van der Waals surface area (Å²) in [5.41, 5.74) is 5.20. The number of anilines is 1. The number of aromatic nitrogens is 2. The quantitative estimate of drug-likeness (QED) is 0.348. The highest BCUT2D eigenvalue weighted by molar-refractivity contribution is 6.30. The minimum absolute atomic E-state index is 0.0936. The van der Waals surface area contributed by atoms with Crippen molar-refractivity contribution in [3.05, 3.63) is 69.5 Å². The fourth-order valence-electron chi connectivity index (χ4n) is 2.82. The van der Waals surface area contributed by atoms with Crippen molar-refractivity contribution < 1.29 is 4.74 Å². The zero-order chi connectivity index (χ0) is 19.9. The van der Waals surface area contributed by atoms with Crippen LogP contribution in [0, 0.1) is 0 Å². The normalized spacial score (nSPS) is 11.8. The first-order valence-electron chi connectivity index (χ1n) is 9.23. The van der Waals surface area contributed by atoms with Gasteiger partial charge >= 0.3 is 0 Å². The van der Waals surface area contributed by atoms with Crippen molar-refractivity contribution in [2.75, 3.05) is 18.6 Å². The second-order valence-corrected chi connectivity index (χ2v) is 6.71. The van der Waals surface area contributed by atoms with E-state index in [1.165, 1.54) is 0 Å². The largest absolute Gasteiger partial charge is 0.382 e. The third-order valence-electron chi connectivity index (χ3n) is 4.32. The van der Waals surface area contributed by atoms with Crippen LogP contribution in [0.3, 0.4) is 0 Å². The van der Waals surface area contributed by atoms with E-state index in [9.17, 15) is 4.79 Å². The molecule has 6 nitrogen and oxygen atoms in total. The fourth-order valence-corrected chi connectivity index (χ4v) is 2.95. The van der Waals surface area contributed by atoms with Gasteiger partial charge in [0.25, 0.3) is 5.56 Å². The molecule has 7 heteroatoms. The first-order chi connectivity index (χ1) is 13.6. The molecule has 0 radical (unpaired) electrons. The number of ether oxygens (including phenoxy) is 1. The molecular weight excluding hydrogens is 376 g/mol. The van der Waals surface area contributed by atoms with E-state index in [0.717, 1.165) is 11.3 Å². The van der Waals surface area contributed by atoms with Gasteiger partial charge in [0.15, 0.2) is 0 Å². The van der Waals surface area contributed by atoms with Crippen LogP contribution in [0.5, 0.6) is 0 Å². The summed E-state index contributed by atoms with van der Waals surface area (Å²) in [6, 6.07) is 14.7. The molecule has 1 N–H and O–H groups in total. The van der Waals surface area contributed by atoms with E-state index in [1.807, 2.05) is 56.3 Å². The van der Waals surface area contributed by atoms with Gasteiger partial charge in [-0.1, -0.05) is 35.9 Å². The Morgan fingerprint density at radius 3 is 2.71 bits per heavy atom. The first kappa shape index (κ1) is 20.0. The number of para-hydroxylation sites is 1. The van der Waals surface area contributed by atoms with Crippen LogP contribution in [-0.4, -0.2) is 28.5 Å². The van der Waals surface area contributed by atoms with Gasteiger partial charge < -0.3 is 4.74 Å². The molecule has 0 fully saturated rings. The molecule has 0 atom stereocenters. The molecule has 0 aliphatic heterocycles. The molecule has 0 bridgehead atoms. The van der Waals surface area contributed by atoms with Crippen LogP contribution in [0.15, 0.2) is 58.4 Å². The summed E-state index contributed by atoms with van der Waals surface area (Å²) < 4.78 is 7.00. The number of hydrogen-bond acceptors (Lipinski definition) is 5. The zero-order valence-corrected chi connectivity index (χ0v) is 16.7. The molecule has 146 valence electrons. The Bertz CT molecular complexity index is 1030. The predicted molar refractivity (Wildman–Crippen MR) is 114 cm³/mol. The van der Waals surface area contributed by atoms with Crippen LogP contribution < -0.4 is 11.0 Å². The van der Waals surface area contributed by atoms with Crippen LogP contribution in [0.25, 0.3) is 10.9 Å². The third kappa shape index (κ3) is 4.77. The van der Waals surface area contributed by atoms with E-state index in [2.05, 4.69) is 15.5 Å². The number of halogens is 1. The summed E-state index contributed by atoms with van der Waals surface area (Å²) in [5.74, 6) is 0.411. The molecule has 28 heavy (non-hydrogen) atoms. The number of rotatable bonds is 8. The van der Waals surface area contributed by atoms with Crippen LogP contribution in [-0.2, 0) is 11.3 Å². The molecule has 0 aliphatic carbocycles. The van der Waals surface area contributed by atoms with Gasteiger partial charge in [0.2, 0.25) is 5.95 Å². The molecule has 2 aromatic carbocycles. The number of benzene rings is 2. The molecule has 0 saturated heterocycles. The Hall–Kier alpha value is -2.70. The van der Waals surface area contributed by atoms with Crippen molar-refractivity contribution in [1.82, 2.24) is 9.55 Å². The molecule has 3 rings (SSSR count). The van der Waals surface area contributed by atoms with Crippen molar-refractivity contribution in [3.63, 3.8) is 0 Å². The van der Waals surface area contributed by atoms with E-state index in [4.69, 9.17) is 16.3 Å². The van der Waals surface area contributed by atoms with E-state index in [1.54, 1.807) is 10.6 Å². The minimum atomic E-state index is -0.0936. The fraction of sp³-hybridized carbons (Fsp3) is 0.286. The average Bonchev–Trinajstić information content (AvgIpc) is 2.71. The van der Waals surface area contributed by atoms with Crippen molar-refractivity contribution in [2.24, 2.45) is 5.10 Å². The average molecular weight is 399 g/mol. The lowest BCUT2D eigenvalue weighted by Crippen LogP contribution is -2.25. The Morgan fingerprint density at radius 1 is 1.21 bits per heavy atom. The highest BCUT2D eigenvalue weighted by Crippen LogP contribution is 2.13. The maximum atomic E-state index is 12.9. The topological polar surface area (TPSA) is 68.5 Å². The predicted octanol–water partition coefficient (Wildman–Crippen LogP) is 4.31. The SMILES string of the molecule is CCOCCCn1c(N/N=C(/C)c2ccc(Cl)cc2)nc2ccccc2c1=O. The van der Waals surface area contributed by atoms with E-state index < -0.39 is 0 Å². The van der Waals surface area contributed by atoms with E-state index in [0.29, 0.717) is 48.1 Å². The summed E-state index contributed by atoms with van der Waals surface area (Å²) >= 11 is 5.94. The molecular formula is C21H23ClN4O2. The summed E-state index contributed by atoms with van der Waals surface area (Å²) in [7, 11) is 0. The maximum absolute atomic E-state index is 12.9. The van der Waals surface area contributed by atoms with Gasteiger partial charge in [-0.2, -0.15) is 5.10 Å². The van der Waals surface area contributed by atoms with Gasteiger partial charge in [-0.15, -0.1) is 0 Å². The van der Waals surface area contributed by atoms with Gasteiger partial charge in [-0.05, 0) is 50.1 Å². The summed E-state index contributed by atoms with van der Waals surface area (Å²) in [6.07, 6.45) is 0.711. The Kier molecular flexibility index (Phi) is 6.79. The second kappa shape index (κ2) is 9.48. The van der Waals surface area contributed by atoms with Crippen LogP contribution in [0.2, 0.25) is 5.02 Å². The molecule has 1 aromatic heterocycles. The highest BCUT2D eigenvalue weighted by atomic mass is 35.5. The van der Waals surface area contributed by atoms with Crippen LogP contribution in [0.1, 0.15) is 25.8 Å². The number of hydrogen-bond donors (Lipinski definition) is 1. The number of nitrogens with one attached hydrogen (secondary N) is 1. The molecule has 0 saturated carbocycles. The lowest BCUT2D eigenvalue weighted by Gasteiger charge is -2.13. The molecule has 0 unspecified atom stereocenters. The number of hydrazone groups is 1. The Balaban J connectivity index is 1.92. The highest BCUT2D eigenvalue weighted by Gasteiger charge is 2.10. The van der Waals surface area contributed by atoms with Gasteiger partial charge in [0.05, 0.1) is 16.6 Å². The van der Waals surface area contributed by atoms with Crippen molar-refractivity contribution in [1.29, 1.82) is 0 Å². The Morgan fingerprint density at radius 2 is 1.96 bits per heavy atom. The molecule has 3 aromatic rings. The summed E-state index contributed by atoms with van der Waals surface area (Å²) in [6.45, 7) is 5.57. The molecule has 1 heterocycles. The van der Waals surface area contributed by atoms with E-state index in [-0.39, 0.29) is 5.56 Å². The lowest BCUT2D eigenvalue weighted by molar-refractivity contribution is 0.141. The molecule has 0 aliphatic rings. The smallest absolute Gasteiger partial charge is 0.262 e. The van der Waals surface area contributed by atoms with Gasteiger partial charge in [-0.3, -0.25) is 9.36 Å². The first-order valence-corrected chi connectivity index (χ1v) is 9.61. The standard InChI is InChI=1S/C21H23ClN4O2/c1-3-28-14-6-13-26-20(27)18-7-4-5-8-19(18)23-21(26)25-24-15(2)16-9-11-17(22)12-10-16/h4-5,7-12H,3,6,13-14H2,1-2H3,(H,23,25)/b24-15-. The maximum Gasteiger partial charge on any atom is 0.262 e. The molecule has 0 spiro atoms. The summed E-state index contributed by atoms with van der Waals surface area (Å²) in [4.78, 5) is 17.5. The number of fused-ring (bicyclic) bond motifs is 1. The van der Waals surface area contributed by atoms with Crippen molar-refractivity contribution in [2.45, 2.75) is 26.8 Å². The zero-order valence-electron chi connectivity index (χ0n) is 16.0. The van der Waals surface area contributed by atoms with E-state index >= 15 is 0 Å². The summed E-state index contributed by atoms with van der Waals surface area (Å²) in [5, 5.41) is 5.67. The van der Waals surface area contributed by atoms with Crippen molar-refractivity contribution in [3.8, 4) is 0 Å². The van der Waals surface area contributed by atoms with Crippen LogP contribution >= 0.6 is 11.6 Å². The van der Waals surface area contributed by atoms with Gasteiger partial charge in [-0.25, -0.2) is 10.4 Å². The Labute approximate surface area is 168 Å². The number of nitrogens with zero attached hydrogens (tertiary/aromatic N) is 3. The molecule has 0 amide bonds. The van der Waals surface area contributed by atoms with Crippen LogP contribution in [0.4, 0.5) is 5.95 Å². The monoisotopic (exact) mass is 398 g/mol. The van der Waals surface area contributed by atoms with Gasteiger partial charge in [0.1, 0.15) is 0 Å². The van der Waals surface area contributed by atoms with Gasteiger partial charge in [0, 0.05) is 24.8 Å². The van der Waals surface area contributed by atoms with Crippen molar-refractivity contribution >= 4 is 34.2 Å². The lowest BCUT2D eigenvalue weighted by atomic mass is 10.1. The second-order valence-electron chi connectivity index (χ2n) is 6.28. The minimum Gasteiger partial charge on any atom is -0.382 e.